The molecule has 11 heavy (non-hydrogen) atoms. The molecule has 0 amide bonds. The predicted molar refractivity (Wildman–Crippen MR) is 41.6 cm³/mol. The number of hydrogen-bond acceptors (Lipinski definition) is 1. The van der Waals surface area contributed by atoms with E-state index in [1.54, 1.807) is 6.07 Å². The summed E-state index contributed by atoms with van der Waals surface area (Å²) in [5, 5.41) is 6.87. The predicted octanol–water partition coefficient (Wildman–Crippen LogP) is 3.54. The van der Waals surface area contributed by atoms with Crippen LogP contribution in [0.1, 0.15) is 0 Å². The van der Waals surface area contributed by atoms with Crippen LogP contribution in [-0.4, -0.2) is 0 Å². The molecule has 0 bridgehead atoms. The summed E-state index contributed by atoms with van der Waals surface area (Å²) in [6.07, 6.45) is 0. The van der Waals surface area contributed by atoms with Gasteiger partial charge in [-0.3, -0.25) is 11.9 Å². The molecule has 1 radical (unpaired) electrons. The zero-order chi connectivity index (χ0) is 7.56. The minimum absolute atomic E-state index is 0. The molecular formula is C6H4ClFNSY-. The fraction of sp³-hybridized carbons (Fsp3) is 0. The van der Waals surface area contributed by atoms with E-state index >= 15 is 0 Å². The van der Waals surface area contributed by atoms with Gasteiger partial charge in [-0.25, -0.2) is 4.39 Å². The van der Waals surface area contributed by atoms with Gasteiger partial charge in [-0.05, 0) is 12.1 Å². The fourth-order valence-electron chi connectivity index (χ4n) is 0.563. The average molecular weight is 266 g/mol. The van der Waals surface area contributed by atoms with Gasteiger partial charge >= 0.3 is 0 Å². The molecule has 5 heteroatoms. The maximum atomic E-state index is 12.7. The van der Waals surface area contributed by atoms with Crippen LogP contribution in [0.3, 0.4) is 0 Å². The van der Waals surface area contributed by atoms with E-state index in [9.17, 15) is 4.39 Å². The Balaban J connectivity index is 0.000001000. The van der Waals surface area contributed by atoms with Gasteiger partial charge < -0.3 is 5.14 Å². The molecule has 0 aliphatic rings. The van der Waals surface area contributed by atoms with Crippen LogP contribution < -0.4 is 0 Å². The SMILES string of the molecule is [NH-]Sc1cccc(Cl)c1F.[Y]. The van der Waals surface area contributed by atoms with E-state index in [1.807, 2.05) is 0 Å². The Labute approximate surface area is 98.9 Å². The number of benzene rings is 1. The first-order valence-electron chi connectivity index (χ1n) is 2.53. The maximum Gasteiger partial charge on any atom is 0.153 e. The molecule has 0 unspecified atom stereocenters. The summed E-state index contributed by atoms with van der Waals surface area (Å²) in [4.78, 5) is 0.257. The Morgan fingerprint density at radius 3 is 2.55 bits per heavy atom. The van der Waals surface area contributed by atoms with E-state index in [1.165, 1.54) is 12.1 Å². The molecule has 0 spiro atoms. The molecule has 0 atom stereocenters. The molecule has 0 heterocycles. The second kappa shape index (κ2) is 5.49. The van der Waals surface area contributed by atoms with Gasteiger partial charge in [0, 0.05) is 37.6 Å². The van der Waals surface area contributed by atoms with Crippen molar-refractivity contribution in [3.63, 3.8) is 0 Å². The summed E-state index contributed by atoms with van der Waals surface area (Å²) in [5.74, 6) is -0.510. The van der Waals surface area contributed by atoms with Crippen molar-refractivity contribution in [3.05, 3.63) is 34.2 Å². The number of nitrogens with one attached hydrogen (secondary N) is 1. The van der Waals surface area contributed by atoms with E-state index in [0.29, 0.717) is 11.9 Å². The van der Waals surface area contributed by atoms with E-state index in [2.05, 4.69) is 0 Å². The zero-order valence-corrected chi connectivity index (χ0v) is 9.88. The Morgan fingerprint density at radius 2 is 2.09 bits per heavy atom. The summed E-state index contributed by atoms with van der Waals surface area (Å²) < 4.78 is 12.7. The topological polar surface area (TPSA) is 23.8 Å². The van der Waals surface area contributed by atoms with E-state index in [-0.39, 0.29) is 42.6 Å². The monoisotopic (exact) mass is 265 g/mol. The number of halogens is 2. The summed E-state index contributed by atoms with van der Waals surface area (Å²) >= 11 is 6.02. The van der Waals surface area contributed by atoms with Gasteiger partial charge in [-0.15, -0.1) is 0 Å². The second-order valence-electron chi connectivity index (χ2n) is 1.65. The van der Waals surface area contributed by atoms with Gasteiger partial charge in [0.15, 0.2) is 5.82 Å². The number of rotatable bonds is 1. The quantitative estimate of drug-likeness (QED) is 0.713. The Morgan fingerprint density at radius 1 is 1.45 bits per heavy atom. The third kappa shape index (κ3) is 3.00. The van der Waals surface area contributed by atoms with Crippen LogP contribution in [0, 0.1) is 5.82 Å². The summed E-state index contributed by atoms with van der Waals surface area (Å²) in [6, 6.07) is 4.58. The van der Waals surface area contributed by atoms with Crippen molar-refractivity contribution in [3.8, 4) is 0 Å². The van der Waals surface area contributed by atoms with Gasteiger partial charge in [0.25, 0.3) is 0 Å². The summed E-state index contributed by atoms with van der Waals surface area (Å²) in [7, 11) is 0. The van der Waals surface area contributed by atoms with Crippen LogP contribution in [0.4, 0.5) is 4.39 Å². The van der Waals surface area contributed by atoms with Gasteiger partial charge in [-0.1, -0.05) is 17.7 Å². The first-order chi connectivity index (χ1) is 4.75. The first kappa shape index (κ1) is 11.9. The van der Waals surface area contributed by atoms with Crippen molar-refractivity contribution in [1.29, 1.82) is 0 Å². The largest absolute Gasteiger partial charge is 0.617 e. The molecular weight excluding hydrogens is 261 g/mol. The van der Waals surface area contributed by atoms with Crippen LogP contribution in [0.2, 0.25) is 5.02 Å². The Kier molecular flexibility index (Phi) is 5.92. The molecule has 0 aromatic heterocycles. The molecule has 1 rings (SSSR count). The van der Waals surface area contributed by atoms with Crippen LogP contribution in [0.15, 0.2) is 23.1 Å². The smallest absolute Gasteiger partial charge is 0.153 e. The maximum absolute atomic E-state index is 12.7. The molecule has 1 aromatic rings. The average Bonchev–Trinajstić information content (AvgIpc) is 1.95. The van der Waals surface area contributed by atoms with E-state index in [0.717, 1.165) is 0 Å². The Bertz CT molecular complexity index is 246. The summed E-state index contributed by atoms with van der Waals surface area (Å²) in [5.41, 5.74) is 0. The molecule has 0 aliphatic carbocycles. The molecule has 1 nitrogen and oxygen atoms in total. The minimum atomic E-state index is -0.510. The van der Waals surface area contributed by atoms with Crippen molar-refractivity contribution in [2.45, 2.75) is 4.90 Å². The van der Waals surface area contributed by atoms with E-state index < -0.39 is 5.82 Å². The molecule has 0 aliphatic heterocycles. The summed E-state index contributed by atoms with van der Waals surface area (Å²) in [6.45, 7) is 0. The van der Waals surface area contributed by atoms with Crippen molar-refractivity contribution < 1.29 is 37.1 Å². The zero-order valence-electron chi connectivity index (χ0n) is 5.47. The molecule has 0 saturated carbocycles. The van der Waals surface area contributed by atoms with Gasteiger partial charge in [0.05, 0.1) is 5.02 Å². The van der Waals surface area contributed by atoms with Gasteiger partial charge in [-0.2, -0.15) is 0 Å². The second-order valence-corrected chi connectivity index (χ2v) is 2.71. The van der Waals surface area contributed by atoms with Gasteiger partial charge in [0.1, 0.15) is 0 Å². The third-order valence-electron chi connectivity index (χ3n) is 1.03. The minimum Gasteiger partial charge on any atom is -0.617 e. The molecule has 0 fully saturated rings. The van der Waals surface area contributed by atoms with Crippen LogP contribution >= 0.6 is 23.5 Å². The standard InChI is InChI=1S/C6H4ClFNS.Y/c7-4-2-1-3-5(10-9)6(4)8;/h1-3,9H;/q-1;. The first-order valence-corrected chi connectivity index (χ1v) is 3.72. The Hall–Kier alpha value is 0.854. The van der Waals surface area contributed by atoms with Crippen LogP contribution in [0.25, 0.3) is 5.14 Å². The van der Waals surface area contributed by atoms with Crippen molar-refractivity contribution in [2.75, 3.05) is 0 Å². The molecule has 1 N–H and O–H groups in total. The molecule has 0 saturated heterocycles. The molecule has 57 valence electrons. The molecule has 1 aromatic carbocycles. The fourth-order valence-corrected chi connectivity index (χ4v) is 1.14. The van der Waals surface area contributed by atoms with Crippen LogP contribution in [-0.2, 0) is 32.7 Å². The van der Waals surface area contributed by atoms with Crippen LogP contribution in [0.5, 0.6) is 0 Å². The van der Waals surface area contributed by atoms with Crippen molar-refractivity contribution >= 4 is 23.5 Å². The van der Waals surface area contributed by atoms with Gasteiger partial charge in [0.2, 0.25) is 0 Å². The van der Waals surface area contributed by atoms with Crippen molar-refractivity contribution in [1.82, 2.24) is 0 Å². The van der Waals surface area contributed by atoms with Crippen molar-refractivity contribution in [2.24, 2.45) is 0 Å². The van der Waals surface area contributed by atoms with E-state index in [4.69, 9.17) is 16.7 Å². The number of hydrogen-bond donors (Lipinski definition) is 0. The third-order valence-corrected chi connectivity index (χ3v) is 1.85. The normalized spacial score (nSPS) is 9.00.